The Morgan fingerprint density at radius 1 is 1.04 bits per heavy atom. The van der Waals surface area contributed by atoms with Crippen molar-refractivity contribution in [3.8, 4) is 0 Å². The first-order valence-corrected chi connectivity index (χ1v) is 9.44. The molecule has 126 valence electrons. The number of aldehydes is 1. The quantitative estimate of drug-likeness (QED) is 0.844. The summed E-state index contributed by atoms with van der Waals surface area (Å²) < 4.78 is 25.9. The van der Waals surface area contributed by atoms with Gasteiger partial charge in [0.15, 0.2) is 6.29 Å². The first-order chi connectivity index (χ1) is 11.5. The minimum Gasteiger partial charge on any atom is -0.368 e. The summed E-state index contributed by atoms with van der Waals surface area (Å²) >= 11 is 5.83. The SMILES string of the molecule is O=Cc1c(N2CCNCC2)cccc1S(=O)(=O)c1ccc(Cl)cc1. The molecule has 0 radical (unpaired) electrons. The molecule has 3 rings (SSSR count). The van der Waals surface area contributed by atoms with Gasteiger partial charge in [-0.15, -0.1) is 0 Å². The van der Waals surface area contributed by atoms with Crippen molar-refractivity contribution in [1.82, 2.24) is 5.32 Å². The van der Waals surface area contributed by atoms with Gasteiger partial charge >= 0.3 is 0 Å². The normalized spacial score (nSPS) is 15.3. The highest BCUT2D eigenvalue weighted by Crippen LogP contribution is 2.30. The highest BCUT2D eigenvalue weighted by molar-refractivity contribution is 7.91. The topological polar surface area (TPSA) is 66.5 Å². The first-order valence-electron chi connectivity index (χ1n) is 7.58. The fourth-order valence-corrected chi connectivity index (χ4v) is 4.38. The molecule has 1 N–H and O–H groups in total. The number of carbonyl (C=O) groups excluding carboxylic acids is 1. The fourth-order valence-electron chi connectivity index (χ4n) is 2.81. The largest absolute Gasteiger partial charge is 0.368 e. The van der Waals surface area contributed by atoms with Gasteiger partial charge < -0.3 is 10.2 Å². The minimum absolute atomic E-state index is 0.0239. The van der Waals surface area contributed by atoms with Crippen LogP contribution in [0.5, 0.6) is 0 Å². The number of benzene rings is 2. The lowest BCUT2D eigenvalue weighted by atomic mass is 10.1. The van der Waals surface area contributed by atoms with Crippen LogP contribution < -0.4 is 10.2 Å². The van der Waals surface area contributed by atoms with Crippen LogP contribution in [0.3, 0.4) is 0 Å². The maximum atomic E-state index is 12.9. The van der Waals surface area contributed by atoms with Gasteiger partial charge in [0, 0.05) is 36.9 Å². The molecule has 0 aromatic heterocycles. The van der Waals surface area contributed by atoms with Gasteiger partial charge in [-0.3, -0.25) is 4.79 Å². The van der Waals surface area contributed by atoms with E-state index < -0.39 is 9.84 Å². The predicted molar refractivity (Wildman–Crippen MR) is 93.8 cm³/mol. The lowest BCUT2D eigenvalue weighted by molar-refractivity contribution is 0.112. The lowest BCUT2D eigenvalue weighted by Gasteiger charge is -2.30. The van der Waals surface area contributed by atoms with Crippen LogP contribution in [-0.4, -0.2) is 40.9 Å². The summed E-state index contributed by atoms with van der Waals surface area (Å²) in [7, 11) is -3.79. The number of sulfone groups is 1. The molecule has 7 heteroatoms. The number of carbonyl (C=O) groups is 1. The van der Waals surface area contributed by atoms with Crippen molar-refractivity contribution in [2.45, 2.75) is 9.79 Å². The van der Waals surface area contributed by atoms with Crippen LogP contribution in [0.2, 0.25) is 5.02 Å². The summed E-state index contributed by atoms with van der Waals surface area (Å²) in [6.07, 6.45) is 0.625. The van der Waals surface area contributed by atoms with Gasteiger partial charge in [-0.1, -0.05) is 17.7 Å². The molecule has 0 saturated carbocycles. The summed E-state index contributed by atoms with van der Waals surface area (Å²) in [4.78, 5) is 13.9. The zero-order valence-electron chi connectivity index (χ0n) is 12.9. The van der Waals surface area contributed by atoms with Crippen LogP contribution in [0, 0.1) is 0 Å². The van der Waals surface area contributed by atoms with Crippen molar-refractivity contribution in [1.29, 1.82) is 0 Å². The van der Waals surface area contributed by atoms with E-state index in [0.717, 1.165) is 26.2 Å². The number of halogens is 1. The molecule has 1 fully saturated rings. The first kappa shape index (κ1) is 17.0. The van der Waals surface area contributed by atoms with Crippen LogP contribution in [0.4, 0.5) is 5.69 Å². The van der Waals surface area contributed by atoms with Gasteiger partial charge in [-0.05, 0) is 36.4 Å². The smallest absolute Gasteiger partial charge is 0.207 e. The van der Waals surface area contributed by atoms with Crippen LogP contribution in [-0.2, 0) is 9.84 Å². The standard InChI is InChI=1S/C17H17ClN2O3S/c18-13-4-6-14(7-5-13)24(22,23)17-3-1-2-16(15(17)12-21)20-10-8-19-9-11-20/h1-7,12,19H,8-11H2. The molecule has 5 nitrogen and oxygen atoms in total. The lowest BCUT2D eigenvalue weighted by Crippen LogP contribution is -2.44. The van der Waals surface area contributed by atoms with Gasteiger partial charge in [0.05, 0.1) is 15.4 Å². The van der Waals surface area contributed by atoms with E-state index in [9.17, 15) is 13.2 Å². The number of hydrogen-bond donors (Lipinski definition) is 1. The summed E-state index contributed by atoms with van der Waals surface area (Å²) in [5, 5.41) is 3.69. The van der Waals surface area contributed by atoms with E-state index in [2.05, 4.69) is 5.32 Å². The molecule has 0 aliphatic carbocycles. The Labute approximate surface area is 146 Å². The van der Waals surface area contributed by atoms with Gasteiger partial charge in [-0.25, -0.2) is 8.42 Å². The molecule has 24 heavy (non-hydrogen) atoms. The molecule has 1 aliphatic rings. The molecule has 1 heterocycles. The number of nitrogens with one attached hydrogen (secondary N) is 1. The molecule has 0 atom stereocenters. The van der Waals surface area contributed by atoms with E-state index in [4.69, 9.17) is 11.6 Å². The zero-order chi connectivity index (χ0) is 17.2. The maximum Gasteiger partial charge on any atom is 0.207 e. The molecule has 2 aromatic rings. The van der Waals surface area contributed by atoms with Crippen LogP contribution in [0.1, 0.15) is 10.4 Å². The monoisotopic (exact) mass is 364 g/mol. The average Bonchev–Trinajstić information content (AvgIpc) is 2.62. The Hall–Kier alpha value is -1.89. The molecule has 0 amide bonds. The van der Waals surface area contributed by atoms with Crippen LogP contribution in [0.25, 0.3) is 0 Å². The Bertz CT molecular complexity index is 845. The van der Waals surface area contributed by atoms with Crippen molar-refractivity contribution in [2.24, 2.45) is 0 Å². The number of piperazine rings is 1. The van der Waals surface area contributed by atoms with Gasteiger partial charge in [0.25, 0.3) is 0 Å². The minimum atomic E-state index is -3.79. The molecule has 1 aliphatic heterocycles. The number of rotatable bonds is 4. The van der Waals surface area contributed by atoms with Crippen molar-refractivity contribution >= 4 is 33.4 Å². The summed E-state index contributed by atoms with van der Waals surface area (Å²) in [5.74, 6) is 0. The van der Waals surface area contributed by atoms with Crippen molar-refractivity contribution in [2.75, 3.05) is 31.1 Å². The second kappa shape index (κ2) is 6.93. The third kappa shape index (κ3) is 3.17. The Morgan fingerprint density at radius 2 is 1.71 bits per heavy atom. The highest BCUT2D eigenvalue weighted by atomic mass is 35.5. The summed E-state index contributed by atoms with van der Waals surface area (Å²) in [6, 6.07) is 10.9. The molecule has 1 saturated heterocycles. The molecule has 0 unspecified atom stereocenters. The van der Waals surface area contributed by atoms with Crippen molar-refractivity contribution < 1.29 is 13.2 Å². The number of nitrogens with zero attached hydrogens (tertiary/aromatic N) is 1. The fraction of sp³-hybridized carbons (Fsp3) is 0.235. The average molecular weight is 365 g/mol. The molecule has 0 spiro atoms. The van der Waals surface area contributed by atoms with E-state index >= 15 is 0 Å². The van der Waals surface area contributed by atoms with E-state index in [0.29, 0.717) is 17.0 Å². The van der Waals surface area contributed by atoms with E-state index in [-0.39, 0.29) is 15.4 Å². The van der Waals surface area contributed by atoms with Crippen molar-refractivity contribution in [3.63, 3.8) is 0 Å². The zero-order valence-corrected chi connectivity index (χ0v) is 14.5. The maximum absolute atomic E-state index is 12.9. The third-order valence-corrected chi connectivity index (χ3v) is 6.11. The predicted octanol–water partition coefficient (Wildman–Crippen LogP) is 2.39. The molecule has 0 bridgehead atoms. The molecule has 2 aromatic carbocycles. The van der Waals surface area contributed by atoms with E-state index in [1.807, 2.05) is 4.90 Å². The summed E-state index contributed by atoms with van der Waals surface area (Å²) in [6.45, 7) is 3.05. The van der Waals surface area contributed by atoms with E-state index in [1.165, 1.54) is 30.3 Å². The van der Waals surface area contributed by atoms with E-state index in [1.54, 1.807) is 12.1 Å². The Kier molecular flexibility index (Phi) is 4.89. The number of anilines is 1. The van der Waals surface area contributed by atoms with Crippen molar-refractivity contribution in [3.05, 3.63) is 53.1 Å². The summed E-state index contributed by atoms with van der Waals surface area (Å²) in [5.41, 5.74) is 0.857. The second-order valence-corrected chi connectivity index (χ2v) is 7.86. The molecular weight excluding hydrogens is 348 g/mol. The highest BCUT2D eigenvalue weighted by Gasteiger charge is 2.25. The molecular formula is C17H17ClN2O3S. The Morgan fingerprint density at radius 3 is 2.33 bits per heavy atom. The number of hydrogen-bond acceptors (Lipinski definition) is 5. The van der Waals surface area contributed by atoms with Crippen LogP contribution >= 0.6 is 11.6 Å². The van der Waals surface area contributed by atoms with Gasteiger partial charge in [0.2, 0.25) is 9.84 Å². The Balaban J connectivity index is 2.10. The second-order valence-electron chi connectivity index (χ2n) is 5.50. The van der Waals surface area contributed by atoms with Gasteiger partial charge in [-0.2, -0.15) is 0 Å². The van der Waals surface area contributed by atoms with Gasteiger partial charge in [0.1, 0.15) is 0 Å². The van der Waals surface area contributed by atoms with Crippen LogP contribution in [0.15, 0.2) is 52.3 Å². The third-order valence-electron chi connectivity index (χ3n) is 4.03.